The summed E-state index contributed by atoms with van der Waals surface area (Å²) in [4.78, 5) is 11.2. The first-order chi connectivity index (χ1) is 6.33. The van der Waals surface area contributed by atoms with Gasteiger partial charge < -0.3 is 10.6 Å². The van der Waals surface area contributed by atoms with Crippen molar-refractivity contribution in [2.24, 2.45) is 0 Å². The number of carbonyl (C=O) groups is 1. The Morgan fingerprint density at radius 2 is 2.38 bits per heavy atom. The van der Waals surface area contributed by atoms with Crippen LogP contribution in [0.15, 0.2) is 24.3 Å². The van der Waals surface area contributed by atoms with Crippen LogP contribution < -0.4 is 10.6 Å². The zero-order chi connectivity index (χ0) is 9.52. The molecule has 13 heavy (non-hydrogen) atoms. The molecule has 0 aromatic rings. The molecule has 1 aliphatic heterocycles. The van der Waals surface area contributed by atoms with Crippen LogP contribution in [0.1, 0.15) is 13.3 Å². The van der Waals surface area contributed by atoms with Gasteiger partial charge in [0.15, 0.2) is 0 Å². The van der Waals surface area contributed by atoms with Gasteiger partial charge in [-0.1, -0.05) is 18.2 Å². The van der Waals surface area contributed by atoms with Crippen LogP contribution in [0, 0.1) is 0 Å². The van der Waals surface area contributed by atoms with Crippen LogP contribution in [0.5, 0.6) is 0 Å². The van der Waals surface area contributed by atoms with Crippen molar-refractivity contribution in [1.82, 2.24) is 10.6 Å². The molecule has 0 aromatic heterocycles. The fourth-order valence-electron chi connectivity index (χ4n) is 1.28. The fraction of sp³-hybridized carbons (Fsp3) is 0.500. The van der Waals surface area contributed by atoms with Crippen molar-refractivity contribution in [3.05, 3.63) is 24.3 Å². The van der Waals surface area contributed by atoms with E-state index in [4.69, 9.17) is 0 Å². The zero-order valence-electron chi connectivity index (χ0n) is 7.92. The summed E-state index contributed by atoms with van der Waals surface area (Å²) in [6.45, 7) is 3.82. The van der Waals surface area contributed by atoms with E-state index in [1.165, 1.54) is 0 Å². The maximum atomic E-state index is 11.2. The summed E-state index contributed by atoms with van der Waals surface area (Å²) in [7, 11) is 0. The van der Waals surface area contributed by atoms with Gasteiger partial charge in [-0.3, -0.25) is 4.79 Å². The summed E-state index contributed by atoms with van der Waals surface area (Å²) in [6, 6.07) is 0.308. The third-order valence-corrected chi connectivity index (χ3v) is 1.96. The molecule has 1 heterocycles. The van der Waals surface area contributed by atoms with Crippen molar-refractivity contribution in [3.63, 3.8) is 0 Å². The first-order valence-corrected chi connectivity index (χ1v) is 4.63. The smallest absolute Gasteiger partial charge is 0.244 e. The van der Waals surface area contributed by atoms with Crippen molar-refractivity contribution >= 4 is 5.91 Å². The van der Waals surface area contributed by atoms with Crippen LogP contribution in [0.2, 0.25) is 0 Å². The summed E-state index contributed by atoms with van der Waals surface area (Å²) in [5.41, 5.74) is 0. The normalized spacial score (nSPS) is 23.0. The molecular weight excluding hydrogens is 164 g/mol. The summed E-state index contributed by atoms with van der Waals surface area (Å²) < 4.78 is 0. The Kier molecular flexibility index (Phi) is 4.26. The Labute approximate surface area is 78.9 Å². The molecule has 0 radical (unpaired) electrons. The minimum absolute atomic E-state index is 0.00759. The number of carbonyl (C=O) groups excluding carboxylic acids is 1. The second-order valence-electron chi connectivity index (χ2n) is 3.08. The molecule has 3 nitrogen and oxygen atoms in total. The molecular formula is C10H16N2O. The quantitative estimate of drug-likeness (QED) is 0.493. The molecule has 0 spiro atoms. The van der Waals surface area contributed by atoms with Crippen molar-refractivity contribution in [2.75, 3.05) is 13.1 Å². The molecule has 0 aliphatic carbocycles. The predicted molar refractivity (Wildman–Crippen MR) is 53.4 cm³/mol. The number of amides is 1. The highest BCUT2D eigenvalue weighted by Crippen LogP contribution is 1.96. The molecule has 0 bridgehead atoms. The van der Waals surface area contributed by atoms with Crippen LogP contribution in [-0.2, 0) is 4.79 Å². The van der Waals surface area contributed by atoms with E-state index in [-0.39, 0.29) is 5.91 Å². The molecule has 1 aliphatic rings. The van der Waals surface area contributed by atoms with Crippen molar-refractivity contribution in [2.45, 2.75) is 19.4 Å². The summed E-state index contributed by atoms with van der Waals surface area (Å²) in [5, 5.41) is 6.11. The van der Waals surface area contributed by atoms with Crippen LogP contribution in [0.4, 0.5) is 0 Å². The van der Waals surface area contributed by atoms with Gasteiger partial charge in [-0.2, -0.15) is 0 Å². The number of rotatable bonds is 3. The average Bonchev–Trinajstić information content (AvgIpc) is 2.57. The molecule has 0 aromatic carbocycles. The lowest BCUT2D eigenvalue weighted by Crippen LogP contribution is -2.34. The maximum absolute atomic E-state index is 11.2. The predicted octanol–water partition coefficient (Wildman–Crippen LogP) is 0.597. The lowest BCUT2D eigenvalue weighted by atomic mass is 10.2. The Morgan fingerprint density at radius 1 is 1.54 bits per heavy atom. The highest BCUT2D eigenvalue weighted by atomic mass is 16.1. The van der Waals surface area contributed by atoms with Crippen LogP contribution in [-0.4, -0.2) is 25.0 Å². The van der Waals surface area contributed by atoms with Crippen molar-refractivity contribution in [3.8, 4) is 0 Å². The standard InChI is InChI=1S/C10H16N2O/c1-2-3-4-5-10(13)12-9-6-7-11-8-9/h2-5,9,11H,6-8H2,1H3,(H,12,13). The second kappa shape index (κ2) is 5.54. The monoisotopic (exact) mass is 180 g/mol. The lowest BCUT2D eigenvalue weighted by Gasteiger charge is -2.07. The fourth-order valence-corrected chi connectivity index (χ4v) is 1.28. The molecule has 1 saturated heterocycles. The highest BCUT2D eigenvalue weighted by molar-refractivity contribution is 5.88. The van der Waals surface area contributed by atoms with E-state index in [1.807, 2.05) is 19.1 Å². The second-order valence-corrected chi connectivity index (χ2v) is 3.08. The van der Waals surface area contributed by atoms with Gasteiger partial charge in [0, 0.05) is 18.7 Å². The summed E-state index contributed by atoms with van der Waals surface area (Å²) >= 11 is 0. The van der Waals surface area contributed by atoms with Gasteiger partial charge in [0.25, 0.3) is 0 Å². The highest BCUT2D eigenvalue weighted by Gasteiger charge is 2.14. The van der Waals surface area contributed by atoms with Crippen LogP contribution >= 0.6 is 0 Å². The topological polar surface area (TPSA) is 41.1 Å². The Morgan fingerprint density at radius 3 is 3.00 bits per heavy atom. The number of hydrogen-bond donors (Lipinski definition) is 2. The van der Waals surface area contributed by atoms with Gasteiger partial charge in [-0.05, 0) is 19.9 Å². The first-order valence-electron chi connectivity index (χ1n) is 4.63. The van der Waals surface area contributed by atoms with E-state index in [1.54, 1.807) is 12.2 Å². The SMILES string of the molecule is CC=CC=CC(=O)NC1CCNC1. The first kappa shape index (κ1) is 9.99. The van der Waals surface area contributed by atoms with Crippen molar-refractivity contribution < 1.29 is 4.79 Å². The van der Waals surface area contributed by atoms with E-state index >= 15 is 0 Å². The van der Waals surface area contributed by atoms with E-state index in [2.05, 4.69) is 10.6 Å². The van der Waals surface area contributed by atoms with Gasteiger partial charge in [0.2, 0.25) is 5.91 Å². The zero-order valence-corrected chi connectivity index (χ0v) is 7.92. The number of nitrogens with one attached hydrogen (secondary N) is 2. The van der Waals surface area contributed by atoms with Crippen LogP contribution in [0.25, 0.3) is 0 Å². The molecule has 1 unspecified atom stereocenters. The number of allylic oxidation sites excluding steroid dienone is 3. The molecule has 3 heteroatoms. The van der Waals surface area contributed by atoms with Gasteiger partial charge in [-0.15, -0.1) is 0 Å². The third-order valence-electron chi connectivity index (χ3n) is 1.96. The molecule has 1 rings (SSSR count). The summed E-state index contributed by atoms with van der Waals surface area (Å²) in [5.74, 6) is -0.00759. The van der Waals surface area contributed by atoms with E-state index in [0.29, 0.717) is 6.04 Å². The van der Waals surface area contributed by atoms with E-state index in [0.717, 1.165) is 19.5 Å². The summed E-state index contributed by atoms with van der Waals surface area (Å²) in [6.07, 6.45) is 8.06. The Bertz CT molecular complexity index is 215. The molecule has 1 amide bonds. The number of hydrogen-bond acceptors (Lipinski definition) is 2. The van der Waals surface area contributed by atoms with Crippen molar-refractivity contribution in [1.29, 1.82) is 0 Å². The van der Waals surface area contributed by atoms with E-state index < -0.39 is 0 Å². The minimum atomic E-state index is -0.00759. The molecule has 0 saturated carbocycles. The largest absolute Gasteiger partial charge is 0.348 e. The third kappa shape index (κ3) is 3.90. The molecule has 1 fully saturated rings. The van der Waals surface area contributed by atoms with Crippen LogP contribution in [0.3, 0.4) is 0 Å². The van der Waals surface area contributed by atoms with E-state index in [9.17, 15) is 4.79 Å². The van der Waals surface area contributed by atoms with Gasteiger partial charge >= 0.3 is 0 Å². The minimum Gasteiger partial charge on any atom is -0.348 e. The maximum Gasteiger partial charge on any atom is 0.244 e. The Balaban J connectivity index is 2.23. The lowest BCUT2D eigenvalue weighted by molar-refractivity contribution is -0.117. The van der Waals surface area contributed by atoms with Gasteiger partial charge in [-0.25, -0.2) is 0 Å². The molecule has 2 N–H and O–H groups in total. The van der Waals surface area contributed by atoms with Gasteiger partial charge in [0.1, 0.15) is 0 Å². The van der Waals surface area contributed by atoms with Gasteiger partial charge in [0.05, 0.1) is 0 Å². The molecule has 1 atom stereocenters. The Hall–Kier alpha value is -1.09. The molecule has 72 valence electrons. The average molecular weight is 180 g/mol.